The molecule has 28 heavy (non-hydrogen) atoms. The summed E-state index contributed by atoms with van der Waals surface area (Å²) in [6.45, 7) is 4.22. The number of aryl methyl sites for hydroxylation is 1. The second-order valence-electron chi connectivity index (χ2n) is 6.13. The Morgan fingerprint density at radius 1 is 1.29 bits per heavy atom. The second-order valence-corrected chi connectivity index (χ2v) is 10.1. The molecule has 2 heterocycles. The molecule has 0 fully saturated rings. The molecule has 0 aliphatic rings. The van der Waals surface area contributed by atoms with Gasteiger partial charge in [0.1, 0.15) is 16.2 Å². The number of hydrogen-bond donors (Lipinski definition) is 2. The fourth-order valence-corrected chi connectivity index (χ4v) is 4.93. The van der Waals surface area contributed by atoms with Crippen molar-refractivity contribution in [3.63, 3.8) is 0 Å². The summed E-state index contributed by atoms with van der Waals surface area (Å²) in [5.74, 6) is -0.127. The number of thiophene rings is 1. The third-order valence-corrected chi connectivity index (χ3v) is 7.30. The third-order valence-electron chi connectivity index (χ3n) is 4.07. The summed E-state index contributed by atoms with van der Waals surface area (Å²) in [6.07, 6.45) is 2.46. The van der Waals surface area contributed by atoms with E-state index in [-0.39, 0.29) is 16.1 Å². The van der Waals surface area contributed by atoms with Gasteiger partial charge in [-0.1, -0.05) is 30.8 Å². The van der Waals surface area contributed by atoms with Gasteiger partial charge in [0.25, 0.3) is 0 Å². The standard InChI is InChI=1S/C18H20N4O3S3/c1-3-13-8-15-17(21-10-22-18(15)27-13)26-11(2)16(23)20-9-12-4-6-14(7-5-12)28(19,24)25/h4-8,10-11H,3,9H2,1-2H3,(H,20,23)(H2,19,24,25). The molecule has 0 aliphatic heterocycles. The van der Waals surface area contributed by atoms with Gasteiger partial charge in [-0.2, -0.15) is 0 Å². The zero-order chi connectivity index (χ0) is 20.3. The summed E-state index contributed by atoms with van der Waals surface area (Å²) in [6, 6.07) is 8.19. The van der Waals surface area contributed by atoms with E-state index in [1.807, 2.05) is 6.92 Å². The largest absolute Gasteiger partial charge is 0.351 e. The number of rotatable bonds is 7. The van der Waals surface area contributed by atoms with Crippen molar-refractivity contribution in [2.75, 3.05) is 0 Å². The Hall–Kier alpha value is -2.01. The molecule has 3 rings (SSSR count). The number of nitrogens with two attached hydrogens (primary N) is 1. The van der Waals surface area contributed by atoms with E-state index in [0.29, 0.717) is 6.54 Å². The number of benzene rings is 1. The zero-order valence-corrected chi connectivity index (χ0v) is 17.8. The molecule has 0 saturated carbocycles. The minimum atomic E-state index is -3.72. The van der Waals surface area contributed by atoms with Gasteiger partial charge in [-0.05, 0) is 37.1 Å². The predicted molar refractivity (Wildman–Crippen MR) is 112 cm³/mol. The van der Waals surface area contributed by atoms with Gasteiger partial charge in [0, 0.05) is 16.8 Å². The molecule has 1 amide bonds. The van der Waals surface area contributed by atoms with Crippen LogP contribution in [0.15, 0.2) is 46.6 Å². The number of nitrogens with zero attached hydrogens (tertiary/aromatic N) is 2. The quantitative estimate of drug-likeness (QED) is 0.435. The van der Waals surface area contributed by atoms with E-state index < -0.39 is 10.0 Å². The van der Waals surface area contributed by atoms with E-state index in [1.165, 1.54) is 35.1 Å². The molecule has 10 heteroatoms. The van der Waals surface area contributed by atoms with Gasteiger partial charge >= 0.3 is 0 Å². The summed E-state index contributed by atoms with van der Waals surface area (Å²) in [5, 5.41) is 9.37. The van der Waals surface area contributed by atoms with Crippen LogP contribution in [0.25, 0.3) is 10.2 Å². The van der Waals surface area contributed by atoms with Gasteiger partial charge in [-0.25, -0.2) is 23.5 Å². The van der Waals surface area contributed by atoms with Crippen molar-refractivity contribution < 1.29 is 13.2 Å². The van der Waals surface area contributed by atoms with Gasteiger partial charge in [0.05, 0.1) is 10.1 Å². The van der Waals surface area contributed by atoms with Crippen LogP contribution < -0.4 is 10.5 Å². The topological polar surface area (TPSA) is 115 Å². The number of fused-ring (bicyclic) bond motifs is 1. The Balaban J connectivity index is 1.63. The number of carbonyl (C=O) groups is 1. The summed E-state index contributed by atoms with van der Waals surface area (Å²) in [4.78, 5) is 23.3. The maximum absolute atomic E-state index is 12.5. The molecule has 0 bridgehead atoms. The Morgan fingerprint density at radius 2 is 2.00 bits per heavy atom. The molecule has 7 nitrogen and oxygen atoms in total. The van der Waals surface area contributed by atoms with Crippen LogP contribution in [-0.2, 0) is 27.8 Å². The monoisotopic (exact) mass is 436 g/mol. The van der Waals surface area contributed by atoms with E-state index >= 15 is 0 Å². The predicted octanol–water partition coefficient (Wildman–Crippen LogP) is 2.70. The first-order chi connectivity index (χ1) is 13.3. The van der Waals surface area contributed by atoms with Crippen LogP contribution >= 0.6 is 23.1 Å². The number of thioether (sulfide) groups is 1. The molecule has 3 N–H and O–H groups in total. The average Bonchev–Trinajstić information content (AvgIpc) is 3.10. The van der Waals surface area contributed by atoms with Crippen molar-refractivity contribution in [3.05, 3.63) is 47.1 Å². The smallest absolute Gasteiger partial charge is 0.238 e. The van der Waals surface area contributed by atoms with Crippen LogP contribution in [0.2, 0.25) is 0 Å². The van der Waals surface area contributed by atoms with Crippen molar-refractivity contribution in [3.8, 4) is 0 Å². The minimum absolute atomic E-state index is 0.0430. The van der Waals surface area contributed by atoms with Crippen LogP contribution in [0.1, 0.15) is 24.3 Å². The Bertz CT molecular complexity index is 1090. The maximum Gasteiger partial charge on any atom is 0.238 e. The van der Waals surface area contributed by atoms with Gasteiger partial charge in [0.15, 0.2) is 0 Å². The first kappa shape index (κ1) is 20.7. The first-order valence-corrected chi connectivity index (χ1v) is 11.8. The highest BCUT2D eigenvalue weighted by molar-refractivity contribution is 8.00. The zero-order valence-electron chi connectivity index (χ0n) is 15.4. The lowest BCUT2D eigenvalue weighted by Gasteiger charge is -2.12. The molecule has 0 spiro atoms. The number of nitrogens with one attached hydrogen (secondary N) is 1. The van der Waals surface area contributed by atoms with Crippen LogP contribution in [0.5, 0.6) is 0 Å². The average molecular weight is 437 g/mol. The van der Waals surface area contributed by atoms with Gasteiger partial charge in [0.2, 0.25) is 15.9 Å². The van der Waals surface area contributed by atoms with E-state index in [1.54, 1.807) is 23.5 Å². The molecule has 2 aromatic heterocycles. The Kier molecular flexibility index (Phi) is 6.33. The highest BCUT2D eigenvalue weighted by Gasteiger charge is 2.18. The molecule has 0 aliphatic carbocycles. The van der Waals surface area contributed by atoms with Gasteiger partial charge < -0.3 is 5.32 Å². The third kappa shape index (κ3) is 4.88. The molecule has 0 radical (unpaired) electrons. The number of carbonyl (C=O) groups excluding carboxylic acids is 1. The van der Waals surface area contributed by atoms with Crippen molar-refractivity contribution in [2.24, 2.45) is 5.14 Å². The molecular formula is C18H20N4O3S3. The van der Waals surface area contributed by atoms with Crippen LogP contribution in [-0.4, -0.2) is 29.5 Å². The SMILES string of the molecule is CCc1cc2c(SC(C)C(=O)NCc3ccc(S(N)(=O)=O)cc3)ncnc2s1. The van der Waals surface area contributed by atoms with Gasteiger partial charge in [-0.3, -0.25) is 4.79 Å². The molecular weight excluding hydrogens is 416 g/mol. The molecule has 1 atom stereocenters. The highest BCUT2D eigenvalue weighted by atomic mass is 32.2. The van der Waals surface area contributed by atoms with Crippen molar-refractivity contribution in [2.45, 2.75) is 42.0 Å². The number of amides is 1. The summed E-state index contributed by atoms with van der Waals surface area (Å²) in [5.41, 5.74) is 0.785. The lowest BCUT2D eigenvalue weighted by molar-refractivity contribution is -0.120. The normalized spacial score (nSPS) is 12.8. The molecule has 148 valence electrons. The van der Waals surface area contributed by atoms with E-state index in [4.69, 9.17) is 5.14 Å². The van der Waals surface area contributed by atoms with Crippen molar-refractivity contribution >= 4 is 49.2 Å². The second kappa shape index (κ2) is 8.56. The lowest BCUT2D eigenvalue weighted by Crippen LogP contribution is -2.30. The highest BCUT2D eigenvalue weighted by Crippen LogP contribution is 2.32. The fraction of sp³-hybridized carbons (Fsp3) is 0.278. The lowest BCUT2D eigenvalue weighted by atomic mass is 10.2. The van der Waals surface area contributed by atoms with Crippen LogP contribution in [0, 0.1) is 0 Å². The fourth-order valence-electron chi connectivity index (χ4n) is 2.50. The Morgan fingerprint density at radius 3 is 2.64 bits per heavy atom. The van der Waals surface area contributed by atoms with Crippen molar-refractivity contribution in [1.29, 1.82) is 0 Å². The molecule has 1 unspecified atom stereocenters. The molecule has 1 aromatic carbocycles. The van der Waals surface area contributed by atoms with E-state index in [9.17, 15) is 13.2 Å². The van der Waals surface area contributed by atoms with Gasteiger partial charge in [-0.15, -0.1) is 11.3 Å². The van der Waals surface area contributed by atoms with Crippen LogP contribution in [0.3, 0.4) is 0 Å². The van der Waals surface area contributed by atoms with Crippen molar-refractivity contribution in [1.82, 2.24) is 15.3 Å². The number of aromatic nitrogens is 2. The summed E-state index contributed by atoms with van der Waals surface area (Å²) >= 11 is 3.03. The maximum atomic E-state index is 12.5. The van der Waals surface area contributed by atoms with E-state index in [0.717, 1.165) is 27.2 Å². The molecule has 3 aromatic rings. The molecule has 0 saturated heterocycles. The Labute approximate surface area is 171 Å². The number of hydrogen-bond acceptors (Lipinski definition) is 7. The summed E-state index contributed by atoms with van der Waals surface area (Å²) in [7, 11) is -3.72. The first-order valence-electron chi connectivity index (χ1n) is 8.57. The van der Waals surface area contributed by atoms with Crippen LogP contribution in [0.4, 0.5) is 0 Å². The number of sulfonamides is 1. The summed E-state index contributed by atoms with van der Waals surface area (Å²) < 4.78 is 22.6. The number of primary sulfonamides is 1. The van der Waals surface area contributed by atoms with E-state index in [2.05, 4.69) is 28.3 Å². The minimum Gasteiger partial charge on any atom is -0.351 e.